The smallest absolute Gasteiger partial charge is 0.409 e. The Morgan fingerprint density at radius 1 is 1.29 bits per heavy atom. The van der Waals surface area contributed by atoms with Gasteiger partial charge in [0.2, 0.25) is 0 Å². The molecule has 1 fully saturated rings. The second-order valence-corrected chi connectivity index (χ2v) is 4.45. The van der Waals surface area contributed by atoms with Crippen molar-refractivity contribution in [1.29, 1.82) is 0 Å². The quantitative estimate of drug-likeness (QED) is 0.590. The molecule has 0 radical (unpaired) electrons. The van der Waals surface area contributed by atoms with Gasteiger partial charge in [-0.05, 0) is 0 Å². The van der Waals surface area contributed by atoms with Crippen molar-refractivity contribution in [3.05, 3.63) is 0 Å². The predicted octanol–water partition coefficient (Wildman–Crippen LogP) is -1.43. The van der Waals surface area contributed by atoms with E-state index in [1.165, 1.54) is 12.0 Å². The molecule has 14 heavy (non-hydrogen) atoms. The van der Waals surface area contributed by atoms with Gasteiger partial charge in [-0.1, -0.05) is 0 Å². The van der Waals surface area contributed by atoms with Gasteiger partial charge in [-0.2, -0.15) is 12.7 Å². The van der Waals surface area contributed by atoms with Crippen molar-refractivity contribution in [2.75, 3.05) is 33.3 Å². The molecular formula is C6H13N3O4S. The van der Waals surface area contributed by atoms with Gasteiger partial charge in [0, 0.05) is 26.2 Å². The number of rotatable bonds is 1. The summed E-state index contributed by atoms with van der Waals surface area (Å²) >= 11 is 0. The molecule has 0 aliphatic carbocycles. The second-order valence-electron chi connectivity index (χ2n) is 2.90. The molecule has 1 heterocycles. The second kappa shape index (κ2) is 4.11. The molecule has 0 unspecified atom stereocenters. The van der Waals surface area contributed by atoms with Gasteiger partial charge in [-0.25, -0.2) is 9.93 Å². The fraction of sp³-hybridized carbons (Fsp3) is 0.833. The normalized spacial score (nSPS) is 19.4. The average Bonchev–Trinajstić information content (AvgIpc) is 2.15. The third kappa shape index (κ3) is 2.56. The van der Waals surface area contributed by atoms with Gasteiger partial charge in [-0.15, -0.1) is 0 Å². The predicted molar refractivity (Wildman–Crippen MR) is 48.7 cm³/mol. The fourth-order valence-electron chi connectivity index (χ4n) is 1.25. The lowest BCUT2D eigenvalue weighted by Crippen LogP contribution is -2.52. The van der Waals surface area contributed by atoms with Gasteiger partial charge in [-0.3, -0.25) is 0 Å². The van der Waals surface area contributed by atoms with E-state index in [1.54, 1.807) is 0 Å². The van der Waals surface area contributed by atoms with E-state index >= 15 is 0 Å². The summed E-state index contributed by atoms with van der Waals surface area (Å²) in [5.41, 5.74) is 0. The Labute approximate surface area is 82.6 Å². The summed E-state index contributed by atoms with van der Waals surface area (Å²) in [6, 6.07) is 0. The molecule has 7 nitrogen and oxygen atoms in total. The minimum atomic E-state index is -3.63. The zero-order valence-electron chi connectivity index (χ0n) is 7.84. The van der Waals surface area contributed by atoms with Gasteiger partial charge in [0.15, 0.2) is 0 Å². The van der Waals surface area contributed by atoms with Gasteiger partial charge >= 0.3 is 6.09 Å². The molecule has 1 aliphatic rings. The highest BCUT2D eigenvalue weighted by Gasteiger charge is 2.26. The Morgan fingerprint density at radius 2 is 1.79 bits per heavy atom. The maximum Gasteiger partial charge on any atom is 0.409 e. The van der Waals surface area contributed by atoms with E-state index in [1.807, 2.05) is 0 Å². The van der Waals surface area contributed by atoms with Gasteiger partial charge in [0.1, 0.15) is 0 Å². The van der Waals surface area contributed by atoms with E-state index < -0.39 is 16.3 Å². The Bertz CT molecular complexity index is 307. The highest BCUT2D eigenvalue weighted by molar-refractivity contribution is 7.86. The van der Waals surface area contributed by atoms with Crippen LogP contribution in [0, 0.1) is 0 Å². The summed E-state index contributed by atoms with van der Waals surface area (Å²) in [5, 5.41) is 4.93. The van der Waals surface area contributed by atoms with Crippen LogP contribution in [0.25, 0.3) is 0 Å². The molecule has 0 saturated carbocycles. The third-order valence-corrected chi connectivity index (χ3v) is 3.12. The summed E-state index contributed by atoms with van der Waals surface area (Å²) in [6.45, 7) is 1.05. The molecule has 1 amide bonds. The Morgan fingerprint density at radius 3 is 2.14 bits per heavy atom. The topological polar surface area (TPSA) is 92.9 Å². The van der Waals surface area contributed by atoms with Crippen molar-refractivity contribution < 1.29 is 17.9 Å². The standard InChI is InChI=1S/C6H13N3O4S/c1-13-6(10)8-2-4-9(5-3-8)14(7,11)12/h2-5H2,1H3,(H2,7,11,12). The zero-order chi connectivity index (χ0) is 10.8. The van der Waals surface area contributed by atoms with Crippen LogP contribution in [0.5, 0.6) is 0 Å². The number of methoxy groups -OCH3 is 1. The van der Waals surface area contributed by atoms with Crippen LogP contribution in [0.2, 0.25) is 0 Å². The summed E-state index contributed by atoms with van der Waals surface area (Å²) in [6.07, 6.45) is -0.445. The van der Waals surface area contributed by atoms with Crippen LogP contribution in [0.15, 0.2) is 0 Å². The zero-order valence-corrected chi connectivity index (χ0v) is 8.66. The lowest BCUT2D eigenvalue weighted by Gasteiger charge is -2.31. The molecule has 2 N–H and O–H groups in total. The third-order valence-electron chi connectivity index (χ3n) is 2.03. The van der Waals surface area contributed by atoms with Gasteiger partial charge in [0.25, 0.3) is 10.2 Å². The Hall–Kier alpha value is -0.860. The van der Waals surface area contributed by atoms with E-state index in [4.69, 9.17) is 5.14 Å². The van der Waals surface area contributed by atoms with Crippen LogP contribution in [-0.4, -0.2) is 57.0 Å². The van der Waals surface area contributed by atoms with Crippen molar-refractivity contribution in [1.82, 2.24) is 9.21 Å². The number of nitrogens with zero attached hydrogens (tertiary/aromatic N) is 2. The van der Waals surface area contributed by atoms with Gasteiger partial charge in [0.05, 0.1) is 7.11 Å². The molecule has 82 valence electrons. The highest BCUT2D eigenvalue weighted by atomic mass is 32.2. The first-order valence-corrected chi connectivity index (χ1v) is 5.56. The Balaban J connectivity index is 2.51. The summed E-state index contributed by atoms with van der Waals surface area (Å²) in [7, 11) is -2.34. The first-order valence-electron chi connectivity index (χ1n) is 4.06. The minimum absolute atomic E-state index is 0.216. The number of hydrogen-bond acceptors (Lipinski definition) is 4. The van der Waals surface area contributed by atoms with Crippen molar-refractivity contribution in [3.8, 4) is 0 Å². The Kier molecular flexibility index (Phi) is 3.29. The van der Waals surface area contributed by atoms with Crippen molar-refractivity contribution in [2.24, 2.45) is 5.14 Å². The van der Waals surface area contributed by atoms with E-state index in [0.717, 1.165) is 4.31 Å². The number of hydrogen-bond donors (Lipinski definition) is 1. The maximum atomic E-state index is 11.0. The van der Waals surface area contributed by atoms with Crippen LogP contribution in [0.3, 0.4) is 0 Å². The average molecular weight is 223 g/mol. The van der Waals surface area contributed by atoms with Crippen LogP contribution < -0.4 is 5.14 Å². The first kappa shape index (κ1) is 11.2. The molecule has 1 rings (SSSR count). The molecule has 0 aromatic carbocycles. The molecule has 0 aromatic rings. The van der Waals surface area contributed by atoms with Crippen molar-refractivity contribution in [2.45, 2.75) is 0 Å². The van der Waals surface area contributed by atoms with Crippen LogP contribution >= 0.6 is 0 Å². The van der Waals surface area contributed by atoms with Crippen molar-refractivity contribution in [3.63, 3.8) is 0 Å². The van der Waals surface area contributed by atoms with E-state index in [0.29, 0.717) is 13.1 Å². The summed E-state index contributed by atoms with van der Waals surface area (Å²) in [4.78, 5) is 12.5. The first-order chi connectivity index (χ1) is 6.45. The van der Waals surface area contributed by atoms with Crippen LogP contribution in [0.1, 0.15) is 0 Å². The van der Waals surface area contributed by atoms with E-state index in [9.17, 15) is 13.2 Å². The fourth-order valence-corrected chi connectivity index (χ4v) is 1.93. The van der Waals surface area contributed by atoms with E-state index in [-0.39, 0.29) is 13.1 Å². The lowest BCUT2D eigenvalue weighted by atomic mass is 10.4. The number of ether oxygens (including phenoxy) is 1. The highest BCUT2D eigenvalue weighted by Crippen LogP contribution is 2.05. The molecular weight excluding hydrogens is 210 g/mol. The largest absolute Gasteiger partial charge is 0.453 e. The van der Waals surface area contributed by atoms with Crippen molar-refractivity contribution >= 4 is 16.3 Å². The number of carbonyl (C=O) groups excluding carboxylic acids is 1. The molecule has 8 heteroatoms. The number of amides is 1. The van der Waals surface area contributed by atoms with E-state index in [2.05, 4.69) is 4.74 Å². The summed E-state index contributed by atoms with van der Waals surface area (Å²) < 4.78 is 27.4. The van der Waals surface area contributed by atoms with Crippen LogP contribution in [0.4, 0.5) is 4.79 Å². The van der Waals surface area contributed by atoms with Crippen LogP contribution in [-0.2, 0) is 14.9 Å². The number of piperazine rings is 1. The monoisotopic (exact) mass is 223 g/mol. The lowest BCUT2D eigenvalue weighted by molar-refractivity contribution is 0.108. The number of carbonyl (C=O) groups is 1. The maximum absolute atomic E-state index is 11.0. The molecule has 0 atom stereocenters. The SMILES string of the molecule is COC(=O)N1CCN(S(N)(=O)=O)CC1. The summed E-state index contributed by atoms with van der Waals surface area (Å²) in [5.74, 6) is 0. The molecule has 0 spiro atoms. The molecule has 1 saturated heterocycles. The number of nitrogens with two attached hydrogens (primary N) is 1. The molecule has 0 aromatic heterocycles. The van der Waals surface area contributed by atoms with Gasteiger partial charge < -0.3 is 9.64 Å². The minimum Gasteiger partial charge on any atom is -0.453 e. The molecule has 1 aliphatic heterocycles. The molecule has 0 bridgehead atoms.